The van der Waals surface area contributed by atoms with Crippen LogP contribution in [0.1, 0.15) is 22.5 Å². The predicted molar refractivity (Wildman–Crippen MR) is 108 cm³/mol. The molecule has 1 aromatic carbocycles. The molecule has 0 bridgehead atoms. The van der Waals surface area contributed by atoms with Crippen LogP contribution in [0.4, 0.5) is 19.0 Å². The molecule has 1 atom stereocenters. The predicted octanol–water partition coefficient (Wildman–Crippen LogP) is 3.26. The van der Waals surface area contributed by atoms with Crippen molar-refractivity contribution in [3.05, 3.63) is 65.5 Å². The van der Waals surface area contributed by atoms with Crippen molar-refractivity contribution in [3.63, 3.8) is 0 Å². The minimum Gasteiger partial charge on any atom is -0.507 e. The van der Waals surface area contributed by atoms with Crippen molar-refractivity contribution in [1.82, 2.24) is 20.5 Å². The smallest absolute Gasteiger partial charge is 0.254 e. The average molecular weight is 431 g/mol. The standard InChI is InChI=1S/C21H20F3N5O2/c1-25-21(31)14-10-13(16(24)11-19(14)30)17-4-5-20(29-28-17)27-8-6-12(22)9-18-15(23)3-2-7-26-18/h2-5,7,10-12,30H,6,8-9H2,1H3,(H,25,31)(H,27,29)/t12-/m0/s1. The van der Waals surface area contributed by atoms with E-state index >= 15 is 0 Å². The Hall–Kier alpha value is -3.69. The molecule has 0 aliphatic carbocycles. The molecule has 3 N–H and O–H groups in total. The summed E-state index contributed by atoms with van der Waals surface area (Å²) in [4.78, 5) is 15.6. The van der Waals surface area contributed by atoms with E-state index in [0.717, 1.165) is 6.07 Å². The first kappa shape index (κ1) is 22.0. The van der Waals surface area contributed by atoms with Crippen LogP contribution in [0.15, 0.2) is 42.6 Å². The van der Waals surface area contributed by atoms with E-state index in [0.29, 0.717) is 5.82 Å². The maximum Gasteiger partial charge on any atom is 0.254 e. The Bertz CT molecular complexity index is 1060. The topological polar surface area (TPSA) is 100 Å². The number of anilines is 1. The van der Waals surface area contributed by atoms with Gasteiger partial charge in [-0.15, -0.1) is 10.2 Å². The van der Waals surface area contributed by atoms with Crippen LogP contribution in [-0.2, 0) is 6.42 Å². The molecule has 0 fully saturated rings. The molecule has 0 spiro atoms. The number of benzene rings is 1. The van der Waals surface area contributed by atoms with Crippen LogP contribution in [0, 0.1) is 11.6 Å². The highest BCUT2D eigenvalue weighted by atomic mass is 19.1. The highest BCUT2D eigenvalue weighted by Gasteiger charge is 2.17. The second kappa shape index (κ2) is 9.88. The molecule has 10 heteroatoms. The first-order valence-corrected chi connectivity index (χ1v) is 9.45. The van der Waals surface area contributed by atoms with Crippen molar-refractivity contribution in [2.45, 2.75) is 19.0 Å². The van der Waals surface area contributed by atoms with Gasteiger partial charge < -0.3 is 15.7 Å². The molecule has 7 nitrogen and oxygen atoms in total. The molecule has 0 radical (unpaired) electrons. The Morgan fingerprint density at radius 1 is 1.16 bits per heavy atom. The fourth-order valence-corrected chi connectivity index (χ4v) is 2.88. The highest BCUT2D eigenvalue weighted by molar-refractivity contribution is 5.97. The molecule has 0 saturated heterocycles. The van der Waals surface area contributed by atoms with E-state index in [1.165, 1.54) is 43.6 Å². The number of hydrogen-bond donors (Lipinski definition) is 3. The van der Waals surface area contributed by atoms with Gasteiger partial charge in [-0.2, -0.15) is 0 Å². The van der Waals surface area contributed by atoms with Gasteiger partial charge in [-0.25, -0.2) is 13.2 Å². The molecular weight excluding hydrogens is 411 g/mol. The summed E-state index contributed by atoms with van der Waals surface area (Å²) in [7, 11) is 1.39. The van der Waals surface area contributed by atoms with Gasteiger partial charge in [0, 0.05) is 37.8 Å². The normalized spacial score (nSPS) is 11.7. The first-order chi connectivity index (χ1) is 14.9. The number of pyridine rings is 1. The maximum atomic E-state index is 14.2. The van der Waals surface area contributed by atoms with Crippen molar-refractivity contribution >= 4 is 11.7 Å². The largest absolute Gasteiger partial charge is 0.507 e. The number of aromatic hydroxyl groups is 1. The van der Waals surface area contributed by atoms with E-state index in [4.69, 9.17) is 0 Å². The molecule has 162 valence electrons. The van der Waals surface area contributed by atoms with Crippen LogP contribution < -0.4 is 10.6 Å². The number of carbonyl (C=O) groups excluding carboxylic acids is 1. The Kier molecular flexibility index (Phi) is 7.01. The number of carbonyl (C=O) groups is 1. The zero-order valence-electron chi connectivity index (χ0n) is 16.6. The number of phenolic OH excluding ortho intramolecular Hbond substituents is 1. The van der Waals surface area contributed by atoms with Crippen molar-refractivity contribution in [2.75, 3.05) is 18.9 Å². The number of amides is 1. The summed E-state index contributed by atoms with van der Waals surface area (Å²) in [6.07, 6.45) is 0.0852. The third kappa shape index (κ3) is 5.47. The summed E-state index contributed by atoms with van der Waals surface area (Å²) < 4.78 is 41.9. The third-order valence-corrected chi connectivity index (χ3v) is 4.51. The second-order valence-electron chi connectivity index (χ2n) is 6.68. The molecule has 0 aliphatic heterocycles. The summed E-state index contributed by atoms with van der Waals surface area (Å²) in [6.45, 7) is 0.220. The summed E-state index contributed by atoms with van der Waals surface area (Å²) in [6, 6.07) is 7.71. The Morgan fingerprint density at radius 2 is 1.97 bits per heavy atom. The quantitative estimate of drug-likeness (QED) is 0.506. The second-order valence-corrected chi connectivity index (χ2v) is 6.68. The number of alkyl halides is 1. The van der Waals surface area contributed by atoms with Gasteiger partial charge in [0.1, 0.15) is 29.4 Å². The number of hydrogen-bond acceptors (Lipinski definition) is 6. The van der Waals surface area contributed by atoms with E-state index in [1.54, 1.807) is 0 Å². The van der Waals surface area contributed by atoms with Crippen LogP contribution in [-0.4, -0.2) is 46.0 Å². The number of halogens is 3. The zero-order valence-corrected chi connectivity index (χ0v) is 16.6. The molecule has 1 amide bonds. The fraction of sp³-hybridized carbons (Fsp3) is 0.238. The minimum atomic E-state index is -1.29. The van der Waals surface area contributed by atoms with Crippen LogP contribution in [0.25, 0.3) is 11.3 Å². The van der Waals surface area contributed by atoms with E-state index < -0.39 is 29.5 Å². The van der Waals surface area contributed by atoms with Gasteiger partial charge in [0.2, 0.25) is 0 Å². The number of aromatic nitrogens is 3. The van der Waals surface area contributed by atoms with E-state index in [-0.39, 0.29) is 41.9 Å². The average Bonchev–Trinajstić information content (AvgIpc) is 2.75. The molecular formula is C21H20F3N5O2. The molecule has 2 aromatic heterocycles. The van der Waals surface area contributed by atoms with Gasteiger partial charge in [0.15, 0.2) is 0 Å². The summed E-state index contributed by atoms with van der Waals surface area (Å²) in [5, 5.41) is 22.9. The van der Waals surface area contributed by atoms with Crippen molar-refractivity contribution in [1.29, 1.82) is 0 Å². The lowest BCUT2D eigenvalue weighted by molar-refractivity contribution is 0.0960. The Balaban J connectivity index is 1.61. The van der Waals surface area contributed by atoms with Gasteiger partial charge in [0.05, 0.1) is 17.0 Å². The van der Waals surface area contributed by atoms with E-state index in [1.807, 2.05) is 0 Å². The lowest BCUT2D eigenvalue weighted by Gasteiger charge is -2.10. The van der Waals surface area contributed by atoms with Crippen molar-refractivity contribution in [2.24, 2.45) is 0 Å². The molecule has 0 aliphatic rings. The summed E-state index contributed by atoms with van der Waals surface area (Å²) >= 11 is 0. The summed E-state index contributed by atoms with van der Waals surface area (Å²) in [5.74, 6) is -2.02. The van der Waals surface area contributed by atoms with Crippen LogP contribution in [0.3, 0.4) is 0 Å². The summed E-state index contributed by atoms with van der Waals surface area (Å²) in [5.41, 5.74) is 0.131. The maximum absolute atomic E-state index is 14.2. The fourth-order valence-electron chi connectivity index (χ4n) is 2.88. The number of rotatable bonds is 8. The van der Waals surface area contributed by atoms with E-state index in [9.17, 15) is 23.1 Å². The molecule has 2 heterocycles. The molecule has 0 unspecified atom stereocenters. The highest BCUT2D eigenvalue weighted by Crippen LogP contribution is 2.28. The van der Waals surface area contributed by atoms with Crippen LogP contribution >= 0.6 is 0 Å². The van der Waals surface area contributed by atoms with Gasteiger partial charge in [-0.1, -0.05) is 0 Å². The van der Waals surface area contributed by atoms with Gasteiger partial charge in [0.25, 0.3) is 5.91 Å². The Morgan fingerprint density at radius 3 is 2.65 bits per heavy atom. The monoisotopic (exact) mass is 431 g/mol. The lowest BCUT2D eigenvalue weighted by atomic mass is 10.1. The first-order valence-electron chi connectivity index (χ1n) is 9.45. The van der Waals surface area contributed by atoms with Gasteiger partial charge in [-0.3, -0.25) is 9.78 Å². The Labute approximate surface area is 176 Å². The number of nitrogens with one attached hydrogen (secondary N) is 2. The third-order valence-electron chi connectivity index (χ3n) is 4.51. The minimum absolute atomic E-state index is 0.00309. The van der Waals surface area contributed by atoms with Gasteiger partial charge >= 0.3 is 0 Å². The molecule has 0 saturated carbocycles. The zero-order chi connectivity index (χ0) is 22.4. The van der Waals surface area contributed by atoms with Gasteiger partial charge in [-0.05, 0) is 36.8 Å². The van der Waals surface area contributed by atoms with Crippen molar-refractivity contribution in [3.8, 4) is 17.0 Å². The number of phenols is 1. The van der Waals surface area contributed by atoms with E-state index in [2.05, 4.69) is 25.8 Å². The molecule has 3 rings (SSSR count). The van der Waals surface area contributed by atoms with Crippen molar-refractivity contribution < 1.29 is 23.1 Å². The SMILES string of the molecule is CNC(=O)c1cc(-c2ccc(NCC[C@H](F)Cc3ncccc3F)nn2)c(F)cc1O. The number of nitrogens with zero attached hydrogens (tertiary/aromatic N) is 3. The van der Waals surface area contributed by atoms with Crippen LogP contribution in [0.5, 0.6) is 5.75 Å². The van der Waals surface area contributed by atoms with Crippen LogP contribution in [0.2, 0.25) is 0 Å². The molecule has 31 heavy (non-hydrogen) atoms. The lowest BCUT2D eigenvalue weighted by Crippen LogP contribution is -2.18. The molecule has 3 aromatic rings.